The number of carbonyl (C=O) groups excluding carboxylic acids is 1. The van der Waals surface area contributed by atoms with E-state index >= 15 is 0 Å². The third-order valence-electron chi connectivity index (χ3n) is 2.62. The minimum absolute atomic E-state index is 0.296. The predicted molar refractivity (Wildman–Crippen MR) is 80.0 cm³/mol. The van der Waals surface area contributed by atoms with Crippen LogP contribution in [0.4, 0.5) is 16.2 Å². The lowest BCUT2D eigenvalue weighted by Gasteiger charge is -2.09. The van der Waals surface area contributed by atoms with Crippen LogP contribution >= 0.6 is 0 Å². The van der Waals surface area contributed by atoms with Gasteiger partial charge in [-0.1, -0.05) is 23.8 Å². The predicted octanol–water partition coefficient (Wildman–Crippen LogP) is 3.15. The van der Waals surface area contributed by atoms with Crippen LogP contribution in [0.3, 0.4) is 0 Å². The van der Waals surface area contributed by atoms with E-state index in [0.29, 0.717) is 11.4 Å². The van der Waals surface area contributed by atoms with E-state index in [1.807, 2.05) is 31.2 Å². The molecule has 0 unspecified atom stereocenters. The lowest BCUT2D eigenvalue weighted by atomic mass is 10.2. The van der Waals surface area contributed by atoms with Crippen LogP contribution in [0.5, 0.6) is 5.75 Å². The first-order valence-corrected chi connectivity index (χ1v) is 6.26. The van der Waals surface area contributed by atoms with Crippen molar-refractivity contribution >= 4 is 17.4 Å². The Labute approximate surface area is 117 Å². The molecule has 0 aliphatic rings. The molecule has 0 radical (unpaired) electrons. The van der Waals surface area contributed by atoms with E-state index in [0.717, 1.165) is 11.3 Å². The highest BCUT2D eigenvalue weighted by molar-refractivity contribution is 5.99. The molecule has 0 aliphatic heterocycles. The Morgan fingerprint density at radius 3 is 2.40 bits per heavy atom. The first-order valence-electron chi connectivity index (χ1n) is 6.26. The summed E-state index contributed by atoms with van der Waals surface area (Å²) >= 11 is 0. The largest absolute Gasteiger partial charge is 0.409 e. The number of hydroxylamine groups is 1. The standard InChI is InChI=1S/C15H17N3O2/c1-11-6-8-12(9-7-11)17-15(19)18-13-4-3-5-14(10-13)20-16-2/h3-10,16H,1-2H3,(H2,17,18,19). The highest BCUT2D eigenvalue weighted by atomic mass is 16.6. The molecule has 0 spiro atoms. The van der Waals surface area contributed by atoms with Crippen LogP contribution in [0.2, 0.25) is 0 Å². The fourth-order valence-electron chi connectivity index (χ4n) is 1.69. The first-order chi connectivity index (χ1) is 9.67. The minimum Gasteiger partial charge on any atom is -0.409 e. The Bertz CT molecular complexity index is 582. The molecular weight excluding hydrogens is 254 g/mol. The van der Waals surface area contributed by atoms with Crippen molar-refractivity contribution in [3.05, 3.63) is 54.1 Å². The normalized spacial score (nSPS) is 9.90. The van der Waals surface area contributed by atoms with E-state index in [1.165, 1.54) is 0 Å². The maximum Gasteiger partial charge on any atom is 0.323 e. The molecule has 0 bridgehead atoms. The number of amides is 2. The van der Waals surface area contributed by atoms with Crippen molar-refractivity contribution in [1.29, 1.82) is 0 Å². The molecule has 0 saturated carbocycles. The van der Waals surface area contributed by atoms with Gasteiger partial charge >= 0.3 is 6.03 Å². The van der Waals surface area contributed by atoms with E-state index in [9.17, 15) is 4.79 Å². The van der Waals surface area contributed by atoms with Gasteiger partial charge in [0, 0.05) is 24.5 Å². The Balaban J connectivity index is 1.97. The molecule has 0 heterocycles. The fourth-order valence-corrected chi connectivity index (χ4v) is 1.69. The van der Waals surface area contributed by atoms with Crippen LogP contribution in [0.15, 0.2) is 48.5 Å². The topological polar surface area (TPSA) is 62.4 Å². The number of carbonyl (C=O) groups is 1. The summed E-state index contributed by atoms with van der Waals surface area (Å²) in [5, 5.41) is 5.51. The smallest absolute Gasteiger partial charge is 0.323 e. The molecule has 2 aromatic carbocycles. The molecule has 5 heteroatoms. The first kappa shape index (κ1) is 13.9. The molecule has 2 aromatic rings. The summed E-state index contributed by atoms with van der Waals surface area (Å²) in [5.74, 6) is 0.626. The lowest BCUT2D eigenvalue weighted by Crippen LogP contribution is -2.19. The van der Waals surface area contributed by atoms with E-state index in [2.05, 4.69) is 16.1 Å². The molecular formula is C15H17N3O2. The van der Waals surface area contributed by atoms with Gasteiger partial charge in [0.15, 0.2) is 0 Å². The van der Waals surface area contributed by atoms with Crippen LogP contribution < -0.4 is 21.0 Å². The second-order valence-corrected chi connectivity index (χ2v) is 4.28. The van der Waals surface area contributed by atoms with Gasteiger partial charge in [-0.15, -0.1) is 0 Å². The minimum atomic E-state index is -0.296. The van der Waals surface area contributed by atoms with Gasteiger partial charge in [-0.05, 0) is 31.2 Å². The molecule has 20 heavy (non-hydrogen) atoms. The summed E-state index contributed by atoms with van der Waals surface area (Å²) in [7, 11) is 1.67. The number of nitrogens with one attached hydrogen (secondary N) is 3. The summed E-state index contributed by atoms with van der Waals surface area (Å²) in [5.41, 5.74) is 5.13. The number of hydrogen-bond donors (Lipinski definition) is 3. The van der Waals surface area contributed by atoms with Crippen LogP contribution in [0.25, 0.3) is 0 Å². The van der Waals surface area contributed by atoms with Crippen LogP contribution in [0, 0.1) is 6.92 Å². The van der Waals surface area contributed by atoms with E-state index in [4.69, 9.17) is 4.84 Å². The van der Waals surface area contributed by atoms with Crippen molar-refractivity contribution in [1.82, 2.24) is 5.48 Å². The van der Waals surface area contributed by atoms with Crippen molar-refractivity contribution in [2.45, 2.75) is 6.92 Å². The van der Waals surface area contributed by atoms with Crippen LogP contribution in [-0.2, 0) is 0 Å². The molecule has 0 aromatic heterocycles. The van der Waals surface area contributed by atoms with Gasteiger partial charge in [0.1, 0.15) is 5.75 Å². The average Bonchev–Trinajstić information content (AvgIpc) is 2.42. The van der Waals surface area contributed by atoms with Crippen molar-refractivity contribution in [3.8, 4) is 5.75 Å². The maximum atomic E-state index is 11.9. The Kier molecular flexibility index (Phi) is 4.57. The summed E-state index contributed by atoms with van der Waals surface area (Å²) in [4.78, 5) is 17.0. The zero-order chi connectivity index (χ0) is 14.4. The monoisotopic (exact) mass is 271 g/mol. The van der Waals surface area contributed by atoms with Gasteiger partial charge in [0.05, 0.1) is 0 Å². The molecule has 2 amide bonds. The van der Waals surface area contributed by atoms with Crippen LogP contribution in [-0.4, -0.2) is 13.1 Å². The van der Waals surface area contributed by atoms with Crippen molar-refractivity contribution in [3.63, 3.8) is 0 Å². The average molecular weight is 271 g/mol. The summed E-state index contributed by atoms with van der Waals surface area (Å²) in [6.45, 7) is 2.00. The van der Waals surface area contributed by atoms with E-state index in [1.54, 1.807) is 31.3 Å². The third kappa shape index (κ3) is 4.00. The molecule has 0 aliphatic carbocycles. The van der Waals surface area contributed by atoms with Crippen molar-refractivity contribution in [2.24, 2.45) is 0 Å². The SMILES string of the molecule is CNOc1cccc(NC(=O)Nc2ccc(C)cc2)c1. The molecule has 2 rings (SSSR count). The second-order valence-electron chi connectivity index (χ2n) is 4.28. The lowest BCUT2D eigenvalue weighted by molar-refractivity contribution is 0.224. The number of hydrogen-bond acceptors (Lipinski definition) is 3. The molecule has 0 saturated heterocycles. The molecule has 104 valence electrons. The summed E-state index contributed by atoms with van der Waals surface area (Å²) in [6.07, 6.45) is 0. The van der Waals surface area contributed by atoms with Crippen LogP contribution in [0.1, 0.15) is 5.56 Å². The Morgan fingerprint density at radius 1 is 1.00 bits per heavy atom. The zero-order valence-corrected chi connectivity index (χ0v) is 11.4. The van der Waals surface area contributed by atoms with Gasteiger partial charge < -0.3 is 15.5 Å². The second kappa shape index (κ2) is 6.58. The number of anilines is 2. The third-order valence-corrected chi connectivity index (χ3v) is 2.62. The molecule has 0 fully saturated rings. The summed E-state index contributed by atoms with van der Waals surface area (Å²) in [6, 6.07) is 14.4. The summed E-state index contributed by atoms with van der Waals surface area (Å²) < 4.78 is 0. The van der Waals surface area contributed by atoms with E-state index in [-0.39, 0.29) is 6.03 Å². The van der Waals surface area contributed by atoms with Gasteiger partial charge in [-0.2, -0.15) is 5.48 Å². The number of aryl methyl sites for hydroxylation is 1. The van der Waals surface area contributed by atoms with E-state index < -0.39 is 0 Å². The van der Waals surface area contributed by atoms with Gasteiger partial charge in [0.2, 0.25) is 0 Å². The quantitative estimate of drug-likeness (QED) is 0.748. The Morgan fingerprint density at radius 2 is 1.70 bits per heavy atom. The molecule has 5 nitrogen and oxygen atoms in total. The maximum absolute atomic E-state index is 11.9. The van der Waals surface area contributed by atoms with Crippen molar-refractivity contribution in [2.75, 3.05) is 17.7 Å². The van der Waals surface area contributed by atoms with Gasteiger partial charge in [-0.25, -0.2) is 4.79 Å². The Hall–Kier alpha value is -2.53. The highest BCUT2D eigenvalue weighted by Gasteiger charge is 2.03. The molecule has 0 atom stereocenters. The molecule has 3 N–H and O–H groups in total. The van der Waals surface area contributed by atoms with Gasteiger partial charge in [-0.3, -0.25) is 0 Å². The number of rotatable bonds is 4. The number of urea groups is 1. The zero-order valence-electron chi connectivity index (χ0n) is 11.4. The van der Waals surface area contributed by atoms with Crippen molar-refractivity contribution < 1.29 is 9.63 Å². The highest BCUT2D eigenvalue weighted by Crippen LogP contribution is 2.17. The number of benzene rings is 2. The fraction of sp³-hybridized carbons (Fsp3) is 0.133. The van der Waals surface area contributed by atoms with Gasteiger partial charge in [0.25, 0.3) is 0 Å².